The van der Waals surface area contributed by atoms with Gasteiger partial charge in [-0.3, -0.25) is 10.1 Å². The van der Waals surface area contributed by atoms with Gasteiger partial charge in [0, 0.05) is 24.5 Å². The molecule has 1 aliphatic rings. The molecule has 1 unspecified atom stereocenters. The van der Waals surface area contributed by atoms with Crippen LogP contribution in [-0.2, 0) is 6.54 Å². The summed E-state index contributed by atoms with van der Waals surface area (Å²) in [6.07, 6.45) is 9.17. The van der Waals surface area contributed by atoms with Gasteiger partial charge in [-0.2, -0.15) is 5.10 Å². The van der Waals surface area contributed by atoms with Crippen LogP contribution in [0.4, 0.5) is 4.79 Å². The summed E-state index contributed by atoms with van der Waals surface area (Å²) < 4.78 is 5.57. The number of aromatic nitrogens is 4. The second kappa shape index (κ2) is 8.03. The Morgan fingerprint density at radius 2 is 2.15 bits per heavy atom. The highest BCUT2D eigenvalue weighted by Crippen LogP contribution is 2.30. The topological polar surface area (TPSA) is 99.9 Å². The predicted octanol–water partition coefficient (Wildman–Crippen LogP) is 3.29. The number of urea groups is 1. The van der Waals surface area contributed by atoms with E-state index in [-0.39, 0.29) is 18.6 Å². The second-order valence-electron chi connectivity index (χ2n) is 6.57. The molecule has 0 aromatic carbocycles. The van der Waals surface area contributed by atoms with Crippen molar-refractivity contribution in [2.24, 2.45) is 0 Å². The summed E-state index contributed by atoms with van der Waals surface area (Å²) in [4.78, 5) is 23.1. The first-order valence-corrected chi connectivity index (χ1v) is 9.21. The number of carbonyl (C=O) groups excluding carboxylic acids is 1. The number of furan rings is 1. The number of H-pyrrole nitrogens is 1. The number of hydrogen-bond donors (Lipinski definition) is 2. The van der Waals surface area contributed by atoms with Crippen LogP contribution in [0.25, 0.3) is 11.4 Å². The highest BCUT2D eigenvalue weighted by molar-refractivity contribution is 5.74. The molecule has 0 spiro atoms. The van der Waals surface area contributed by atoms with Gasteiger partial charge >= 0.3 is 6.03 Å². The first-order chi connectivity index (χ1) is 13.3. The molecule has 4 rings (SSSR count). The van der Waals surface area contributed by atoms with Gasteiger partial charge in [-0.05, 0) is 37.1 Å². The predicted molar refractivity (Wildman–Crippen MR) is 98.5 cm³/mol. The number of aromatic amines is 1. The van der Waals surface area contributed by atoms with Crippen molar-refractivity contribution >= 4 is 6.03 Å². The van der Waals surface area contributed by atoms with Crippen molar-refractivity contribution in [3.8, 4) is 11.4 Å². The lowest BCUT2D eigenvalue weighted by Crippen LogP contribution is -2.42. The molecule has 8 heteroatoms. The van der Waals surface area contributed by atoms with E-state index < -0.39 is 0 Å². The molecule has 0 radical (unpaired) electrons. The Morgan fingerprint density at radius 1 is 1.26 bits per heavy atom. The third-order valence-electron chi connectivity index (χ3n) is 4.76. The van der Waals surface area contributed by atoms with Crippen molar-refractivity contribution in [3.63, 3.8) is 0 Å². The molecule has 2 N–H and O–H groups in total. The number of nitrogens with one attached hydrogen (secondary N) is 2. The molecule has 8 nitrogen and oxygen atoms in total. The fraction of sp³-hybridized carbons (Fsp3) is 0.368. The highest BCUT2D eigenvalue weighted by atomic mass is 16.3. The van der Waals surface area contributed by atoms with Crippen LogP contribution in [0.2, 0.25) is 0 Å². The Hall–Kier alpha value is -3.16. The zero-order chi connectivity index (χ0) is 18.5. The van der Waals surface area contributed by atoms with Gasteiger partial charge in [0.25, 0.3) is 0 Å². The van der Waals surface area contributed by atoms with Crippen molar-refractivity contribution < 1.29 is 9.21 Å². The van der Waals surface area contributed by atoms with E-state index in [1.54, 1.807) is 18.7 Å². The summed E-state index contributed by atoms with van der Waals surface area (Å²) in [6.45, 7) is 1.01. The Morgan fingerprint density at radius 3 is 2.96 bits per heavy atom. The average molecular weight is 366 g/mol. The molecule has 0 saturated carbocycles. The Labute approximate surface area is 157 Å². The maximum atomic E-state index is 12.8. The number of carbonyl (C=O) groups is 1. The molecular weight excluding hydrogens is 344 g/mol. The minimum absolute atomic E-state index is 0.0235. The van der Waals surface area contributed by atoms with Gasteiger partial charge in [0.05, 0.1) is 18.8 Å². The summed E-state index contributed by atoms with van der Waals surface area (Å²) >= 11 is 0. The highest BCUT2D eigenvalue weighted by Gasteiger charge is 2.28. The monoisotopic (exact) mass is 366 g/mol. The van der Waals surface area contributed by atoms with Crippen LogP contribution in [0.1, 0.15) is 43.3 Å². The summed E-state index contributed by atoms with van der Waals surface area (Å²) in [7, 11) is 0. The minimum atomic E-state index is -0.111. The molecule has 0 aliphatic carbocycles. The molecule has 2 amide bonds. The zero-order valence-electron chi connectivity index (χ0n) is 15.0. The standard InChI is InChI=1S/C19H22N6O2/c26-19(25-11-3-1-2-5-15(25)16-6-4-12-27-16)21-13-17-22-18(24-23-17)14-7-9-20-10-8-14/h4,6-10,12,15H,1-3,5,11,13H2,(H,21,26)(H,22,23,24). The van der Waals surface area contributed by atoms with Gasteiger partial charge in [0.2, 0.25) is 0 Å². The van der Waals surface area contributed by atoms with Crippen LogP contribution in [0.5, 0.6) is 0 Å². The van der Waals surface area contributed by atoms with E-state index in [4.69, 9.17) is 4.42 Å². The molecule has 1 fully saturated rings. The summed E-state index contributed by atoms with van der Waals surface area (Å²) in [5.41, 5.74) is 0.879. The Balaban J connectivity index is 1.41. The minimum Gasteiger partial charge on any atom is -0.467 e. The molecule has 1 aliphatic heterocycles. The maximum Gasteiger partial charge on any atom is 0.318 e. The average Bonchev–Trinajstić information content (AvgIpc) is 3.35. The van der Waals surface area contributed by atoms with Gasteiger partial charge in [0.1, 0.15) is 11.6 Å². The number of rotatable bonds is 4. The molecule has 1 saturated heterocycles. The van der Waals surface area contributed by atoms with Crippen molar-refractivity contribution in [1.82, 2.24) is 30.4 Å². The maximum absolute atomic E-state index is 12.8. The van der Waals surface area contributed by atoms with E-state index in [1.165, 1.54) is 0 Å². The van der Waals surface area contributed by atoms with E-state index in [9.17, 15) is 4.79 Å². The van der Waals surface area contributed by atoms with E-state index in [2.05, 4.69) is 25.5 Å². The Bertz CT molecular complexity index is 861. The normalized spacial score (nSPS) is 17.5. The number of nitrogens with zero attached hydrogens (tertiary/aromatic N) is 4. The van der Waals surface area contributed by atoms with E-state index in [0.29, 0.717) is 11.6 Å². The number of hydrogen-bond acceptors (Lipinski definition) is 5. The summed E-state index contributed by atoms with van der Waals surface area (Å²) in [6, 6.07) is 7.36. The summed E-state index contributed by atoms with van der Waals surface area (Å²) in [5, 5.41) is 10.0. The van der Waals surface area contributed by atoms with Crippen molar-refractivity contribution in [2.45, 2.75) is 38.3 Å². The molecule has 3 aromatic rings. The number of pyridine rings is 1. The van der Waals surface area contributed by atoms with Crippen molar-refractivity contribution in [1.29, 1.82) is 0 Å². The van der Waals surface area contributed by atoms with Gasteiger partial charge < -0.3 is 14.6 Å². The van der Waals surface area contributed by atoms with Crippen molar-refractivity contribution in [3.05, 3.63) is 54.5 Å². The molecular formula is C19H22N6O2. The van der Waals surface area contributed by atoms with Gasteiger partial charge in [-0.25, -0.2) is 9.78 Å². The lowest BCUT2D eigenvalue weighted by Gasteiger charge is -2.28. The van der Waals surface area contributed by atoms with Crippen LogP contribution in [-0.4, -0.2) is 37.6 Å². The van der Waals surface area contributed by atoms with Gasteiger partial charge in [-0.15, -0.1) is 0 Å². The number of likely N-dealkylation sites (tertiary alicyclic amines) is 1. The summed E-state index contributed by atoms with van der Waals surface area (Å²) in [5.74, 6) is 2.04. The SMILES string of the molecule is O=C(NCc1nc(-c2ccncc2)n[nH]1)N1CCCCCC1c1ccco1. The molecule has 1 atom stereocenters. The van der Waals surface area contributed by atoms with Crippen LogP contribution in [0.15, 0.2) is 47.3 Å². The zero-order valence-corrected chi connectivity index (χ0v) is 15.0. The molecule has 4 heterocycles. The first-order valence-electron chi connectivity index (χ1n) is 9.21. The lowest BCUT2D eigenvalue weighted by molar-refractivity contribution is 0.165. The van der Waals surface area contributed by atoms with Gasteiger partial charge in [0.15, 0.2) is 5.82 Å². The van der Waals surface area contributed by atoms with E-state index in [0.717, 1.165) is 43.6 Å². The van der Waals surface area contributed by atoms with Crippen LogP contribution >= 0.6 is 0 Å². The van der Waals surface area contributed by atoms with Crippen molar-refractivity contribution in [2.75, 3.05) is 6.54 Å². The third kappa shape index (κ3) is 3.99. The van der Waals surface area contributed by atoms with Crippen LogP contribution in [0, 0.1) is 0 Å². The Kier molecular flexibility index (Phi) is 5.13. The smallest absolute Gasteiger partial charge is 0.318 e. The largest absolute Gasteiger partial charge is 0.467 e. The van der Waals surface area contributed by atoms with E-state index in [1.807, 2.05) is 29.2 Å². The third-order valence-corrected chi connectivity index (χ3v) is 4.76. The van der Waals surface area contributed by atoms with E-state index >= 15 is 0 Å². The van der Waals surface area contributed by atoms with Crippen LogP contribution < -0.4 is 5.32 Å². The molecule has 27 heavy (non-hydrogen) atoms. The quantitative estimate of drug-likeness (QED) is 0.738. The van der Waals surface area contributed by atoms with Crippen LogP contribution in [0.3, 0.4) is 0 Å². The molecule has 3 aromatic heterocycles. The lowest BCUT2D eigenvalue weighted by atomic mass is 10.1. The molecule has 140 valence electrons. The van der Waals surface area contributed by atoms with Gasteiger partial charge in [-0.1, -0.05) is 12.8 Å². The first kappa shape index (κ1) is 17.3. The fourth-order valence-electron chi connectivity index (χ4n) is 3.39. The molecule has 0 bridgehead atoms. The second-order valence-corrected chi connectivity index (χ2v) is 6.57. The number of amides is 2. The fourth-order valence-corrected chi connectivity index (χ4v) is 3.39.